The standard InChI is InChI=1S/C17H17NO3/c1-18-15(19)10-9-14(17(20)21)16(18)13-8-4-6-11-5-2-3-7-12(11)13/h2-8,14,16H,9-10H2,1H3,(H,20,21). The Balaban J connectivity index is 2.17. The van der Waals surface area contributed by atoms with E-state index in [1.165, 1.54) is 0 Å². The molecule has 2 aromatic rings. The fourth-order valence-electron chi connectivity index (χ4n) is 3.23. The highest BCUT2D eigenvalue weighted by atomic mass is 16.4. The second-order valence-electron chi connectivity index (χ2n) is 5.50. The van der Waals surface area contributed by atoms with Crippen LogP contribution in [0, 0.1) is 5.92 Å². The van der Waals surface area contributed by atoms with Gasteiger partial charge >= 0.3 is 5.97 Å². The predicted octanol–water partition coefficient (Wildman–Crippen LogP) is 2.83. The number of likely N-dealkylation sites (tertiary alicyclic amines) is 1. The Kier molecular flexibility index (Phi) is 3.37. The summed E-state index contributed by atoms with van der Waals surface area (Å²) in [6.07, 6.45) is 0.696. The Bertz CT molecular complexity index is 705. The average molecular weight is 283 g/mol. The molecule has 108 valence electrons. The zero-order chi connectivity index (χ0) is 15.0. The van der Waals surface area contributed by atoms with Gasteiger partial charge in [-0.3, -0.25) is 9.59 Å². The number of fused-ring (bicyclic) bond motifs is 1. The van der Waals surface area contributed by atoms with Crippen molar-refractivity contribution in [1.29, 1.82) is 0 Å². The van der Waals surface area contributed by atoms with Gasteiger partial charge in [-0.15, -0.1) is 0 Å². The van der Waals surface area contributed by atoms with Crippen molar-refractivity contribution in [2.45, 2.75) is 18.9 Å². The molecule has 2 atom stereocenters. The van der Waals surface area contributed by atoms with Crippen molar-refractivity contribution in [3.63, 3.8) is 0 Å². The molecule has 4 heteroatoms. The van der Waals surface area contributed by atoms with Crippen LogP contribution in [0.15, 0.2) is 42.5 Å². The summed E-state index contributed by atoms with van der Waals surface area (Å²) in [6.45, 7) is 0. The monoisotopic (exact) mass is 283 g/mol. The fraction of sp³-hybridized carbons (Fsp3) is 0.294. The smallest absolute Gasteiger partial charge is 0.308 e. The molecule has 0 spiro atoms. The minimum Gasteiger partial charge on any atom is -0.481 e. The maximum Gasteiger partial charge on any atom is 0.308 e. The number of carbonyl (C=O) groups excluding carboxylic acids is 1. The number of amides is 1. The van der Waals surface area contributed by atoms with E-state index in [2.05, 4.69) is 0 Å². The number of carboxylic acid groups (broad SMARTS) is 1. The summed E-state index contributed by atoms with van der Waals surface area (Å²) in [5.41, 5.74) is 0.913. The lowest BCUT2D eigenvalue weighted by molar-refractivity contribution is -0.150. The summed E-state index contributed by atoms with van der Waals surface area (Å²) >= 11 is 0. The van der Waals surface area contributed by atoms with Crippen LogP contribution < -0.4 is 0 Å². The van der Waals surface area contributed by atoms with E-state index in [-0.39, 0.29) is 5.91 Å². The number of carboxylic acids is 1. The van der Waals surface area contributed by atoms with Crippen LogP contribution in [-0.2, 0) is 9.59 Å². The fourth-order valence-corrected chi connectivity index (χ4v) is 3.23. The molecule has 0 bridgehead atoms. The van der Waals surface area contributed by atoms with Crippen molar-refractivity contribution in [2.75, 3.05) is 7.05 Å². The van der Waals surface area contributed by atoms with E-state index in [1.54, 1.807) is 11.9 Å². The zero-order valence-electron chi connectivity index (χ0n) is 11.8. The summed E-state index contributed by atoms with van der Waals surface area (Å²) in [6, 6.07) is 13.3. The van der Waals surface area contributed by atoms with E-state index in [9.17, 15) is 14.7 Å². The molecule has 21 heavy (non-hydrogen) atoms. The van der Waals surface area contributed by atoms with Gasteiger partial charge in [0.2, 0.25) is 5.91 Å². The molecule has 1 aliphatic heterocycles. The normalized spacial score (nSPS) is 22.5. The molecule has 1 amide bonds. The molecule has 1 fully saturated rings. The van der Waals surface area contributed by atoms with Crippen LogP contribution in [0.2, 0.25) is 0 Å². The Morgan fingerprint density at radius 2 is 1.90 bits per heavy atom. The molecule has 1 saturated heterocycles. The molecule has 1 N–H and O–H groups in total. The van der Waals surface area contributed by atoms with Crippen LogP contribution in [0.3, 0.4) is 0 Å². The number of hydrogen-bond acceptors (Lipinski definition) is 2. The van der Waals surface area contributed by atoms with E-state index < -0.39 is 17.9 Å². The van der Waals surface area contributed by atoms with Gasteiger partial charge in [0.05, 0.1) is 12.0 Å². The van der Waals surface area contributed by atoms with Crippen molar-refractivity contribution in [2.24, 2.45) is 5.92 Å². The average Bonchev–Trinajstić information content (AvgIpc) is 2.49. The molecular formula is C17H17NO3. The van der Waals surface area contributed by atoms with Gasteiger partial charge in [0.15, 0.2) is 0 Å². The zero-order valence-corrected chi connectivity index (χ0v) is 11.8. The largest absolute Gasteiger partial charge is 0.481 e. The summed E-state index contributed by atoms with van der Waals surface area (Å²) in [7, 11) is 1.70. The lowest BCUT2D eigenvalue weighted by atomic mass is 9.83. The number of benzene rings is 2. The van der Waals surface area contributed by atoms with Crippen LogP contribution in [0.1, 0.15) is 24.4 Å². The van der Waals surface area contributed by atoms with Crippen molar-refractivity contribution in [3.8, 4) is 0 Å². The van der Waals surface area contributed by atoms with Crippen LogP contribution >= 0.6 is 0 Å². The van der Waals surface area contributed by atoms with E-state index in [0.29, 0.717) is 12.8 Å². The van der Waals surface area contributed by atoms with Crippen molar-refractivity contribution < 1.29 is 14.7 Å². The molecule has 1 heterocycles. The van der Waals surface area contributed by atoms with Gasteiger partial charge in [-0.2, -0.15) is 0 Å². The second kappa shape index (κ2) is 5.20. The lowest BCUT2D eigenvalue weighted by Gasteiger charge is -2.37. The molecule has 4 nitrogen and oxygen atoms in total. The highest BCUT2D eigenvalue weighted by Crippen LogP contribution is 2.38. The third-order valence-corrected chi connectivity index (χ3v) is 4.32. The van der Waals surface area contributed by atoms with Gasteiger partial charge in [0.1, 0.15) is 0 Å². The van der Waals surface area contributed by atoms with Crippen molar-refractivity contribution in [1.82, 2.24) is 4.90 Å². The van der Waals surface area contributed by atoms with E-state index in [4.69, 9.17) is 0 Å². The summed E-state index contributed by atoms with van der Waals surface area (Å²) in [5.74, 6) is -1.39. The molecule has 2 aromatic carbocycles. The minimum absolute atomic E-state index is 0.00503. The molecule has 0 saturated carbocycles. The van der Waals surface area contributed by atoms with Gasteiger partial charge < -0.3 is 10.0 Å². The lowest BCUT2D eigenvalue weighted by Crippen LogP contribution is -2.43. The summed E-state index contributed by atoms with van der Waals surface area (Å²) in [4.78, 5) is 25.2. The Morgan fingerprint density at radius 3 is 2.67 bits per heavy atom. The first kappa shape index (κ1) is 13.6. The number of hydrogen-bond donors (Lipinski definition) is 1. The molecule has 3 rings (SSSR count). The van der Waals surface area contributed by atoms with Crippen molar-refractivity contribution in [3.05, 3.63) is 48.0 Å². The highest BCUT2D eigenvalue weighted by Gasteiger charge is 2.39. The molecule has 0 aromatic heterocycles. The first-order valence-corrected chi connectivity index (χ1v) is 7.05. The summed E-state index contributed by atoms with van der Waals surface area (Å²) < 4.78 is 0. The second-order valence-corrected chi connectivity index (χ2v) is 5.50. The Hall–Kier alpha value is -2.36. The SMILES string of the molecule is CN1C(=O)CCC(C(=O)O)C1c1cccc2ccccc12. The number of nitrogens with zero attached hydrogens (tertiary/aromatic N) is 1. The maximum absolute atomic E-state index is 12.0. The van der Waals surface area contributed by atoms with Gasteiger partial charge in [-0.25, -0.2) is 0 Å². The topological polar surface area (TPSA) is 57.6 Å². The highest BCUT2D eigenvalue weighted by molar-refractivity contribution is 5.88. The first-order chi connectivity index (χ1) is 10.1. The van der Waals surface area contributed by atoms with Crippen LogP contribution in [-0.4, -0.2) is 28.9 Å². The number of rotatable bonds is 2. The van der Waals surface area contributed by atoms with Gasteiger partial charge in [-0.05, 0) is 22.8 Å². The van der Waals surface area contributed by atoms with Crippen LogP contribution in [0.5, 0.6) is 0 Å². The first-order valence-electron chi connectivity index (χ1n) is 7.05. The van der Waals surface area contributed by atoms with Crippen molar-refractivity contribution >= 4 is 22.6 Å². The quantitative estimate of drug-likeness (QED) is 0.922. The number of piperidine rings is 1. The number of carbonyl (C=O) groups is 2. The van der Waals surface area contributed by atoms with Gasteiger partial charge in [-0.1, -0.05) is 42.5 Å². The summed E-state index contributed by atoms with van der Waals surface area (Å²) in [5, 5.41) is 11.6. The molecule has 2 unspecified atom stereocenters. The predicted molar refractivity (Wildman–Crippen MR) is 79.8 cm³/mol. The van der Waals surface area contributed by atoms with Crippen LogP contribution in [0.4, 0.5) is 0 Å². The molecular weight excluding hydrogens is 266 g/mol. The Labute approximate surface area is 123 Å². The third kappa shape index (κ3) is 2.27. The van der Waals surface area contributed by atoms with E-state index in [1.807, 2.05) is 42.5 Å². The third-order valence-electron chi connectivity index (χ3n) is 4.32. The molecule has 0 aliphatic carbocycles. The van der Waals surface area contributed by atoms with E-state index >= 15 is 0 Å². The van der Waals surface area contributed by atoms with E-state index in [0.717, 1.165) is 16.3 Å². The van der Waals surface area contributed by atoms with Gasteiger partial charge in [0, 0.05) is 13.5 Å². The minimum atomic E-state index is -0.840. The molecule has 1 aliphatic rings. The van der Waals surface area contributed by atoms with Gasteiger partial charge in [0.25, 0.3) is 0 Å². The van der Waals surface area contributed by atoms with Crippen LogP contribution in [0.25, 0.3) is 10.8 Å². The number of aliphatic carboxylic acids is 1. The Morgan fingerprint density at radius 1 is 1.19 bits per heavy atom. The molecule has 0 radical (unpaired) electrons. The maximum atomic E-state index is 12.0.